The summed E-state index contributed by atoms with van der Waals surface area (Å²) in [7, 11) is 0. The molecule has 0 bridgehead atoms. The highest BCUT2D eigenvalue weighted by molar-refractivity contribution is 7.99. The number of aromatic nitrogens is 1. The van der Waals surface area contributed by atoms with E-state index in [-0.39, 0.29) is 11.7 Å². The van der Waals surface area contributed by atoms with Crippen LogP contribution in [0, 0.1) is 0 Å². The Hall–Kier alpha value is -3.33. The van der Waals surface area contributed by atoms with Crippen molar-refractivity contribution in [2.24, 2.45) is 0 Å². The van der Waals surface area contributed by atoms with Gasteiger partial charge in [-0.15, -0.1) is 0 Å². The van der Waals surface area contributed by atoms with Gasteiger partial charge < -0.3 is 19.8 Å². The number of para-hydroxylation sites is 2. The Labute approximate surface area is 171 Å². The third-order valence-corrected chi connectivity index (χ3v) is 4.50. The fourth-order valence-corrected chi connectivity index (χ4v) is 3.06. The van der Waals surface area contributed by atoms with Crippen molar-refractivity contribution in [3.8, 4) is 0 Å². The fraction of sp³-hybridized carbons (Fsp3) is 0.200. The van der Waals surface area contributed by atoms with Crippen LogP contribution in [0.15, 0.2) is 58.2 Å². The molecule has 1 heterocycles. The van der Waals surface area contributed by atoms with Crippen molar-refractivity contribution in [1.82, 2.24) is 10.3 Å². The van der Waals surface area contributed by atoms with E-state index in [4.69, 9.17) is 9.15 Å². The van der Waals surface area contributed by atoms with Crippen molar-refractivity contribution in [2.75, 3.05) is 24.2 Å². The second-order valence-corrected chi connectivity index (χ2v) is 6.81. The van der Waals surface area contributed by atoms with E-state index in [1.54, 1.807) is 30.3 Å². The predicted octanol–water partition coefficient (Wildman–Crippen LogP) is 2.85. The number of nitrogens with zero attached hydrogens (tertiary/aromatic N) is 1. The van der Waals surface area contributed by atoms with Gasteiger partial charge in [0.15, 0.2) is 12.2 Å². The summed E-state index contributed by atoms with van der Waals surface area (Å²) in [5.41, 5.74) is 2.21. The van der Waals surface area contributed by atoms with Gasteiger partial charge in [0.25, 0.3) is 17.0 Å². The lowest BCUT2D eigenvalue weighted by Crippen LogP contribution is -2.24. The molecule has 2 aromatic carbocycles. The zero-order chi connectivity index (χ0) is 20.6. The number of carbonyl (C=O) groups excluding carboxylic acids is 3. The zero-order valence-corrected chi connectivity index (χ0v) is 16.5. The third kappa shape index (κ3) is 5.82. The molecule has 0 saturated heterocycles. The summed E-state index contributed by atoms with van der Waals surface area (Å²) < 4.78 is 10.5. The standard InChI is InChI=1S/C20H19N3O5S/c1-2-21-19(26)13-6-5-7-14(10-13)22-17(24)11-27-18(25)12-29-20-23-15-8-3-4-9-16(15)28-20/h3-10H,2,11-12H2,1H3,(H,21,26)(H,22,24). The number of benzene rings is 2. The first-order valence-electron chi connectivity index (χ1n) is 8.87. The van der Waals surface area contributed by atoms with Crippen molar-refractivity contribution >= 4 is 46.3 Å². The molecule has 0 spiro atoms. The number of thioether (sulfide) groups is 1. The topological polar surface area (TPSA) is 111 Å². The second kappa shape index (κ2) is 9.74. The molecule has 0 fully saturated rings. The smallest absolute Gasteiger partial charge is 0.316 e. The minimum Gasteiger partial charge on any atom is -0.455 e. The van der Waals surface area contributed by atoms with Gasteiger partial charge in [-0.25, -0.2) is 4.98 Å². The van der Waals surface area contributed by atoms with Gasteiger partial charge in [0.2, 0.25) is 0 Å². The Morgan fingerprint density at radius 1 is 1.14 bits per heavy atom. The molecule has 3 rings (SSSR count). The van der Waals surface area contributed by atoms with Crippen molar-refractivity contribution in [3.63, 3.8) is 0 Å². The first-order chi connectivity index (χ1) is 14.0. The molecule has 9 heteroatoms. The molecule has 2 N–H and O–H groups in total. The monoisotopic (exact) mass is 413 g/mol. The summed E-state index contributed by atoms with van der Waals surface area (Å²) >= 11 is 1.09. The first kappa shape index (κ1) is 20.4. The van der Waals surface area contributed by atoms with Crippen LogP contribution >= 0.6 is 11.8 Å². The second-order valence-electron chi connectivity index (χ2n) is 5.89. The molecule has 0 aliphatic rings. The highest BCUT2D eigenvalue weighted by Crippen LogP contribution is 2.23. The van der Waals surface area contributed by atoms with E-state index in [0.29, 0.717) is 34.1 Å². The van der Waals surface area contributed by atoms with Gasteiger partial charge in [0, 0.05) is 17.8 Å². The lowest BCUT2D eigenvalue weighted by atomic mass is 10.2. The lowest BCUT2D eigenvalue weighted by molar-refractivity contribution is -0.144. The number of amides is 2. The Bertz CT molecular complexity index is 1000. The largest absolute Gasteiger partial charge is 0.455 e. The number of anilines is 1. The summed E-state index contributed by atoms with van der Waals surface area (Å²) in [6.45, 7) is 1.89. The van der Waals surface area contributed by atoms with E-state index in [2.05, 4.69) is 15.6 Å². The molecule has 0 atom stereocenters. The van der Waals surface area contributed by atoms with Gasteiger partial charge in [0.05, 0.1) is 0 Å². The van der Waals surface area contributed by atoms with Gasteiger partial charge in [0.1, 0.15) is 11.3 Å². The minimum absolute atomic E-state index is 0.0349. The van der Waals surface area contributed by atoms with Crippen LogP contribution in [0.2, 0.25) is 0 Å². The summed E-state index contributed by atoms with van der Waals surface area (Å²) in [6, 6.07) is 13.8. The van der Waals surface area contributed by atoms with Crippen molar-refractivity contribution in [3.05, 3.63) is 54.1 Å². The number of fused-ring (bicyclic) bond motifs is 1. The van der Waals surface area contributed by atoms with E-state index in [0.717, 1.165) is 11.8 Å². The molecule has 3 aromatic rings. The molecule has 0 radical (unpaired) electrons. The van der Waals surface area contributed by atoms with E-state index >= 15 is 0 Å². The maximum Gasteiger partial charge on any atom is 0.316 e. The molecule has 0 aliphatic heterocycles. The summed E-state index contributed by atoms with van der Waals surface area (Å²) in [5, 5.41) is 5.63. The predicted molar refractivity (Wildman–Crippen MR) is 109 cm³/mol. The number of hydrogen-bond donors (Lipinski definition) is 2. The Morgan fingerprint density at radius 3 is 2.76 bits per heavy atom. The maximum absolute atomic E-state index is 12.0. The Kier molecular flexibility index (Phi) is 6.85. The fourth-order valence-electron chi connectivity index (χ4n) is 2.42. The number of esters is 1. The van der Waals surface area contributed by atoms with Crippen LogP contribution in [0.1, 0.15) is 17.3 Å². The number of nitrogens with one attached hydrogen (secondary N) is 2. The van der Waals surface area contributed by atoms with E-state index in [1.165, 1.54) is 0 Å². The van der Waals surface area contributed by atoms with Crippen molar-refractivity contribution in [2.45, 2.75) is 12.1 Å². The van der Waals surface area contributed by atoms with Gasteiger partial charge in [-0.3, -0.25) is 14.4 Å². The molecular weight excluding hydrogens is 394 g/mol. The van der Waals surface area contributed by atoms with Gasteiger partial charge in [-0.05, 0) is 37.3 Å². The van der Waals surface area contributed by atoms with Crippen LogP contribution in [0.25, 0.3) is 11.1 Å². The molecule has 29 heavy (non-hydrogen) atoms. The lowest BCUT2D eigenvalue weighted by Gasteiger charge is -2.08. The molecule has 0 aliphatic carbocycles. The molecule has 0 saturated carbocycles. The quantitative estimate of drug-likeness (QED) is 0.431. The van der Waals surface area contributed by atoms with Gasteiger partial charge >= 0.3 is 5.97 Å². The van der Waals surface area contributed by atoms with Crippen LogP contribution in [0.4, 0.5) is 5.69 Å². The number of hydrogen-bond acceptors (Lipinski definition) is 7. The number of ether oxygens (including phenoxy) is 1. The van der Waals surface area contributed by atoms with Crippen molar-refractivity contribution in [1.29, 1.82) is 0 Å². The first-order valence-corrected chi connectivity index (χ1v) is 9.86. The average Bonchev–Trinajstić information content (AvgIpc) is 3.14. The SMILES string of the molecule is CCNC(=O)c1cccc(NC(=O)COC(=O)CSc2nc3ccccc3o2)c1. The molecule has 1 aromatic heterocycles. The third-order valence-electron chi connectivity index (χ3n) is 3.70. The highest BCUT2D eigenvalue weighted by atomic mass is 32.2. The molecule has 150 valence electrons. The minimum atomic E-state index is -0.566. The summed E-state index contributed by atoms with van der Waals surface area (Å²) in [6.07, 6.45) is 0. The number of rotatable bonds is 8. The maximum atomic E-state index is 12.0. The summed E-state index contributed by atoms with van der Waals surface area (Å²) in [4.78, 5) is 39.9. The highest BCUT2D eigenvalue weighted by Gasteiger charge is 2.12. The number of carbonyl (C=O) groups is 3. The van der Waals surface area contributed by atoms with Gasteiger partial charge in [-0.1, -0.05) is 30.0 Å². The van der Waals surface area contributed by atoms with E-state index in [1.807, 2.05) is 25.1 Å². The van der Waals surface area contributed by atoms with Crippen molar-refractivity contribution < 1.29 is 23.5 Å². The molecule has 8 nitrogen and oxygen atoms in total. The average molecular weight is 413 g/mol. The normalized spacial score (nSPS) is 10.5. The van der Waals surface area contributed by atoms with Gasteiger partial charge in [-0.2, -0.15) is 0 Å². The Balaban J connectivity index is 1.44. The van der Waals surface area contributed by atoms with Crippen LogP contribution in [-0.4, -0.2) is 41.7 Å². The zero-order valence-electron chi connectivity index (χ0n) is 15.6. The van der Waals surface area contributed by atoms with Crippen LogP contribution in [0.3, 0.4) is 0 Å². The van der Waals surface area contributed by atoms with Crippen LogP contribution < -0.4 is 10.6 Å². The van der Waals surface area contributed by atoms with Crippen LogP contribution in [0.5, 0.6) is 0 Å². The molecule has 2 amide bonds. The number of oxazole rings is 1. The van der Waals surface area contributed by atoms with E-state index < -0.39 is 18.5 Å². The molecular formula is C20H19N3O5S. The summed E-state index contributed by atoms with van der Waals surface area (Å²) in [5.74, 6) is -1.33. The molecule has 0 unspecified atom stereocenters. The van der Waals surface area contributed by atoms with E-state index in [9.17, 15) is 14.4 Å². The van der Waals surface area contributed by atoms with Crippen LogP contribution in [-0.2, 0) is 14.3 Å². The Morgan fingerprint density at radius 2 is 1.97 bits per heavy atom.